The van der Waals surface area contributed by atoms with Gasteiger partial charge in [0.25, 0.3) is 0 Å². The van der Waals surface area contributed by atoms with Crippen LogP contribution in [0.15, 0.2) is 0 Å². The van der Waals surface area contributed by atoms with Gasteiger partial charge in [0.15, 0.2) is 0 Å². The molecule has 1 unspecified atom stereocenters. The Hall–Kier alpha value is -0.160. The molecule has 1 atom stereocenters. The molecule has 2 fully saturated rings. The number of aliphatic hydroxyl groups is 1. The molecule has 4 nitrogen and oxygen atoms in total. The number of aliphatic hydroxyl groups excluding tert-OH is 1. The summed E-state index contributed by atoms with van der Waals surface area (Å²) in [5.41, 5.74) is -0.0154. The van der Waals surface area contributed by atoms with Crippen molar-refractivity contribution in [2.75, 3.05) is 60.1 Å². The van der Waals surface area contributed by atoms with Crippen molar-refractivity contribution >= 4 is 0 Å². The van der Waals surface area contributed by atoms with Gasteiger partial charge in [0.05, 0.1) is 13.2 Å². The van der Waals surface area contributed by atoms with Crippen LogP contribution < -0.4 is 0 Å². The quantitative estimate of drug-likeness (QED) is 0.810. The number of likely N-dealkylation sites (tertiary alicyclic amines) is 1. The molecule has 0 bridgehead atoms. The molecule has 2 heterocycles. The zero-order valence-corrected chi connectivity index (χ0v) is 12.6. The predicted molar refractivity (Wildman–Crippen MR) is 77.3 cm³/mol. The van der Waals surface area contributed by atoms with Gasteiger partial charge < -0.3 is 19.6 Å². The standard InChI is InChI=1S/C15H30N2O2/c1-16-7-4-14(5-8-16)10-17(2)11-15(12-18)6-3-9-19-13-15/h14,18H,3-13H2,1-2H3. The molecule has 2 saturated heterocycles. The highest BCUT2D eigenvalue weighted by atomic mass is 16.5. The third kappa shape index (κ3) is 4.42. The molecule has 0 aromatic rings. The zero-order chi connectivity index (χ0) is 13.7. The maximum Gasteiger partial charge on any atom is 0.0556 e. The van der Waals surface area contributed by atoms with Gasteiger partial charge in [-0.1, -0.05) is 0 Å². The summed E-state index contributed by atoms with van der Waals surface area (Å²) < 4.78 is 5.59. The lowest BCUT2D eigenvalue weighted by molar-refractivity contribution is -0.0542. The van der Waals surface area contributed by atoms with Gasteiger partial charge in [0.2, 0.25) is 0 Å². The van der Waals surface area contributed by atoms with E-state index in [-0.39, 0.29) is 12.0 Å². The second kappa shape index (κ2) is 7.02. The second-order valence-corrected chi connectivity index (χ2v) is 6.76. The van der Waals surface area contributed by atoms with Gasteiger partial charge in [-0.05, 0) is 58.8 Å². The molecule has 2 aliphatic heterocycles. The molecular weight excluding hydrogens is 240 g/mol. The molecule has 2 aliphatic rings. The maximum absolute atomic E-state index is 9.72. The Balaban J connectivity index is 1.77. The van der Waals surface area contributed by atoms with Crippen LogP contribution in [0.2, 0.25) is 0 Å². The predicted octanol–water partition coefficient (Wildman–Crippen LogP) is 1.05. The van der Waals surface area contributed by atoms with E-state index in [1.807, 2.05) is 0 Å². The van der Waals surface area contributed by atoms with Crippen LogP contribution in [0.4, 0.5) is 0 Å². The van der Waals surface area contributed by atoms with Crippen molar-refractivity contribution in [1.82, 2.24) is 9.80 Å². The summed E-state index contributed by atoms with van der Waals surface area (Å²) in [6.45, 7) is 6.43. The molecule has 112 valence electrons. The van der Waals surface area contributed by atoms with Crippen LogP contribution in [0, 0.1) is 11.3 Å². The van der Waals surface area contributed by atoms with Crippen LogP contribution in [0.3, 0.4) is 0 Å². The molecule has 0 saturated carbocycles. The van der Waals surface area contributed by atoms with Crippen molar-refractivity contribution in [2.24, 2.45) is 11.3 Å². The van der Waals surface area contributed by atoms with E-state index in [4.69, 9.17) is 4.74 Å². The molecule has 2 rings (SSSR count). The molecule has 19 heavy (non-hydrogen) atoms. The Labute approximate surface area is 117 Å². The summed E-state index contributed by atoms with van der Waals surface area (Å²) in [6.07, 6.45) is 4.80. The third-order valence-electron chi connectivity index (χ3n) is 4.75. The minimum atomic E-state index is -0.0154. The number of piperidine rings is 1. The number of hydrogen-bond acceptors (Lipinski definition) is 4. The van der Waals surface area contributed by atoms with Crippen LogP contribution in [-0.2, 0) is 4.74 Å². The topological polar surface area (TPSA) is 35.9 Å². The molecular formula is C15H30N2O2. The Kier molecular flexibility index (Phi) is 5.63. The van der Waals surface area contributed by atoms with Crippen LogP contribution in [0.25, 0.3) is 0 Å². The molecule has 1 N–H and O–H groups in total. The minimum absolute atomic E-state index is 0.0154. The van der Waals surface area contributed by atoms with Crippen LogP contribution in [0.1, 0.15) is 25.7 Å². The molecule has 0 radical (unpaired) electrons. The van der Waals surface area contributed by atoms with Gasteiger partial charge in [-0.2, -0.15) is 0 Å². The van der Waals surface area contributed by atoms with Gasteiger partial charge >= 0.3 is 0 Å². The number of rotatable bonds is 5. The van der Waals surface area contributed by atoms with E-state index in [1.165, 1.54) is 25.9 Å². The first-order valence-corrected chi connectivity index (χ1v) is 7.69. The fourth-order valence-electron chi connectivity index (χ4n) is 3.53. The number of hydrogen-bond donors (Lipinski definition) is 1. The summed E-state index contributed by atoms with van der Waals surface area (Å²) in [7, 11) is 4.41. The van der Waals surface area contributed by atoms with E-state index in [1.54, 1.807) is 0 Å². The zero-order valence-electron chi connectivity index (χ0n) is 12.6. The highest BCUT2D eigenvalue weighted by Gasteiger charge is 2.34. The lowest BCUT2D eigenvalue weighted by Gasteiger charge is -2.40. The van der Waals surface area contributed by atoms with Gasteiger partial charge in [0.1, 0.15) is 0 Å². The summed E-state index contributed by atoms with van der Waals surface area (Å²) in [5, 5.41) is 9.72. The molecule has 0 spiro atoms. The average Bonchev–Trinajstić information content (AvgIpc) is 2.42. The van der Waals surface area contributed by atoms with Crippen LogP contribution in [-0.4, -0.2) is 75.0 Å². The minimum Gasteiger partial charge on any atom is -0.396 e. The van der Waals surface area contributed by atoms with E-state index in [9.17, 15) is 5.11 Å². The van der Waals surface area contributed by atoms with E-state index in [0.717, 1.165) is 45.1 Å². The fraction of sp³-hybridized carbons (Fsp3) is 1.00. The lowest BCUT2D eigenvalue weighted by atomic mass is 9.82. The molecule has 4 heteroatoms. The van der Waals surface area contributed by atoms with Crippen molar-refractivity contribution in [2.45, 2.75) is 25.7 Å². The van der Waals surface area contributed by atoms with Gasteiger partial charge in [-0.15, -0.1) is 0 Å². The first-order chi connectivity index (χ1) is 9.13. The Morgan fingerprint density at radius 3 is 2.68 bits per heavy atom. The summed E-state index contributed by atoms with van der Waals surface area (Å²) in [5.74, 6) is 0.821. The SMILES string of the molecule is CN1CCC(CN(C)CC2(CO)CCCOC2)CC1. The first kappa shape index (κ1) is 15.2. The Morgan fingerprint density at radius 1 is 1.37 bits per heavy atom. The molecule has 0 amide bonds. The van der Waals surface area contributed by atoms with Gasteiger partial charge in [-0.3, -0.25) is 0 Å². The van der Waals surface area contributed by atoms with E-state index in [0.29, 0.717) is 0 Å². The first-order valence-electron chi connectivity index (χ1n) is 7.69. The maximum atomic E-state index is 9.72. The van der Waals surface area contributed by atoms with Crippen molar-refractivity contribution in [3.63, 3.8) is 0 Å². The average molecular weight is 270 g/mol. The van der Waals surface area contributed by atoms with Crippen molar-refractivity contribution in [3.05, 3.63) is 0 Å². The summed E-state index contributed by atoms with van der Waals surface area (Å²) >= 11 is 0. The monoisotopic (exact) mass is 270 g/mol. The van der Waals surface area contributed by atoms with E-state index in [2.05, 4.69) is 23.9 Å². The molecule has 0 aromatic carbocycles. The van der Waals surface area contributed by atoms with E-state index < -0.39 is 0 Å². The highest BCUT2D eigenvalue weighted by Crippen LogP contribution is 2.29. The normalized spacial score (nSPS) is 30.9. The molecule has 0 aliphatic carbocycles. The fourth-order valence-corrected chi connectivity index (χ4v) is 3.53. The van der Waals surface area contributed by atoms with Gasteiger partial charge in [-0.25, -0.2) is 0 Å². The number of ether oxygens (including phenoxy) is 1. The van der Waals surface area contributed by atoms with Crippen molar-refractivity contribution in [1.29, 1.82) is 0 Å². The summed E-state index contributed by atoms with van der Waals surface area (Å²) in [4.78, 5) is 4.83. The Morgan fingerprint density at radius 2 is 2.11 bits per heavy atom. The van der Waals surface area contributed by atoms with Crippen LogP contribution >= 0.6 is 0 Å². The van der Waals surface area contributed by atoms with Crippen LogP contribution in [0.5, 0.6) is 0 Å². The number of nitrogens with zero attached hydrogens (tertiary/aromatic N) is 2. The van der Waals surface area contributed by atoms with Crippen molar-refractivity contribution in [3.8, 4) is 0 Å². The van der Waals surface area contributed by atoms with Crippen molar-refractivity contribution < 1.29 is 9.84 Å². The Bertz CT molecular complexity index is 259. The third-order valence-corrected chi connectivity index (χ3v) is 4.75. The van der Waals surface area contributed by atoms with Gasteiger partial charge in [0, 0.05) is 25.1 Å². The largest absolute Gasteiger partial charge is 0.396 e. The lowest BCUT2D eigenvalue weighted by Crippen LogP contribution is -2.46. The summed E-state index contributed by atoms with van der Waals surface area (Å²) in [6, 6.07) is 0. The second-order valence-electron chi connectivity index (χ2n) is 6.76. The van der Waals surface area contributed by atoms with E-state index >= 15 is 0 Å². The smallest absolute Gasteiger partial charge is 0.0556 e. The highest BCUT2D eigenvalue weighted by molar-refractivity contribution is 4.85. The molecule has 0 aromatic heterocycles.